The Morgan fingerprint density at radius 2 is 1.75 bits per heavy atom. The quantitative estimate of drug-likeness (QED) is 0.612. The van der Waals surface area contributed by atoms with Crippen LogP contribution >= 0.6 is 0 Å². The van der Waals surface area contributed by atoms with Crippen molar-refractivity contribution in [3.63, 3.8) is 0 Å². The zero-order valence-corrected chi connectivity index (χ0v) is 22.5. The summed E-state index contributed by atoms with van der Waals surface area (Å²) in [5.74, 6) is 0.670. The highest BCUT2D eigenvalue weighted by molar-refractivity contribution is 5.79. The van der Waals surface area contributed by atoms with E-state index in [1.165, 1.54) is 17.5 Å². The molecule has 3 aliphatic carbocycles. The molecule has 198 valence electrons. The van der Waals surface area contributed by atoms with Crippen molar-refractivity contribution in [2.24, 2.45) is 35.0 Å². The molecule has 2 amide bonds. The minimum Gasteiger partial charge on any atom is -0.392 e. The fraction of sp³-hybridized carbons (Fsp3) is 0.742. The van der Waals surface area contributed by atoms with Crippen LogP contribution in [-0.2, 0) is 22.6 Å². The lowest BCUT2D eigenvalue weighted by Crippen LogP contribution is -2.59. The summed E-state index contributed by atoms with van der Waals surface area (Å²) in [5.41, 5.74) is 2.67. The van der Waals surface area contributed by atoms with Gasteiger partial charge in [-0.1, -0.05) is 64.3 Å². The van der Waals surface area contributed by atoms with E-state index in [0.29, 0.717) is 6.54 Å². The summed E-state index contributed by atoms with van der Waals surface area (Å²) in [7, 11) is 0. The lowest BCUT2D eigenvalue weighted by Gasteiger charge is -2.56. The Kier molecular flexibility index (Phi) is 7.49. The van der Waals surface area contributed by atoms with Crippen molar-refractivity contribution in [2.45, 2.75) is 104 Å². The van der Waals surface area contributed by atoms with E-state index in [9.17, 15) is 14.7 Å². The lowest BCUT2D eigenvalue weighted by atomic mass is 9.51. The minimum atomic E-state index is -0.510. The minimum absolute atomic E-state index is 0.0250. The summed E-state index contributed by atoms with van der Waals surface area (Å²) >= 11 is 0. The second-order valence-corrected chi connectivity index (χ2v) is 12.8. The molecule has 1 aromatic rings. The third kappa shape index (κ3) is 4.85. The largest absolute Gasteiger partial charge is 0.392 e. The molecule has 3 fully saturated rings. The highest BCUT2D eigenvalue weighted by Crippen LogP contribution is 2.55. The number of carbonyl (C=O) groups excluding carboxylic acids is 2. The number of fused-ring (bicyclic) bond motifs is 2. The monoisotopic (exact) mass is 494 g/mol. The molecule has 0 aromatic heterocycles. The van der Waals surface area contributed by atoms with Gasteiger partial charge in [-0.3, -0.25) is 9.59 Å². The molecule has 5 nitrogen and oxygen atoms in total. The number of hydrogen-bond donors (Lipinski definition) is 2. The number of carbonyl (C=O) groups is 2. The fourth-order valence-corrected chi connectivity index (χ4v) is 8.32. The van der Waals surface area contributed by atoms with E-state index in [1.54, 1.807) is 0 Å². The van der Waals surface area contributed by atoms with Crippen molar-refractivity contribution in [2.75, 3.05) is 6.54 Å². The summed E-state index contributed by atoms with van der Waals surface area (Å²) in [6.07, 6.45) is 9.97. The van der Waals surface area contributed by atoms with Crippen LogP contribution in [0.15, 0.2) is 24.3 Å². The number of nitrogens with one attached hydrogen (secondary N) is 1. The van der Waals surface area contributed by atoms with Gasteiger partial charge in [-0.05, 0) is 79.2 Å². The summed E-state index contributed by atoms with van der Waals surface area (Å²) in [5, 5.41) is 15.2. The zero-order valence-electron chi connectivity index (χ0n) is 22.5. The van der Waals surface area contributed by atoms with Gasteiger partial charge in [0.2, 0.25) is 11.8 Å². The molecule has 1 unspecified atom stereocenters. The molecule has 1 heterocycles. The van der Waals surface area contributed by atoms with Crippen molar-refractivity contribution in [3.8, 4) is 0 Å². The highest BCUT2D eigenvalue weighted by Gasteiger charge is 2.54. The molecule has 7 atom stereocenters. The van der Waals surface area contributed by atoms with Gasteiger partial charge < -0.3 is 15.3 Å². The van der Waals surface area contributed by atoms with Crippen LogP contribution in [0.1, 0.15) is 89.7 Å². The van der Waals surface area contributed by atoms with Crippen molar-refractivity contribution in [1.29, 1.82) is 0 Å². The molecule has 1 aromatic carbocycles. The molecule has 0 bridgehead atoms. The Bertz CT molecular complexity index is 957. The normalized spacial score (nSPS) is 35.9. The van der Waals surface area contributed by atoms with Gasteiger partial charge in [-0.2, -0.15) is 0 Å². The van der Waals surface area contributed by atoms with E-state index in [1.807, 2.05) is 11.8 Å². The smallest absolute Gasteiger partial charge is 0.226 e. The number of aliphatic hydroxyl groups is 1. The van der Waals surface area contributed by atoms with Crippen molar-refractivity contribution in [1.82, 2.24) is 10.2 Å². The van der Waals surface area contributed by atoms with Crippen LogP contribution < -0.4 is 5.32 Å². The third-order valence-corrected chi connectivity index (χ3v) is 10.7. The molecule has 0 radical (unpaired) electrons. The fourth-order valence-electron chi connectivity index (χ4n) is 8.32. The van der Waals surface area contributed by atoms with Crippen molar-refractivity contribution >= 4 is 11.8 Å². The van der Waals surface area contributed by atoms with E-state index < -0.39 is 6.10 Å². The van der Waals surface area contributed by atoms with Crippen LogP contribution in [-0.4, -0.2) is 40.5 Å². The van der Waals surface area contributed by atoms with Crippen LogP contribution in [0.3, 0.4) is 0 Å². The first-order chi connectivity index (χ1) is 17.3. The predicted octanol–water partition coefficient (Wildman–Crippen LogP) is 5.10. The topological polar surface area (TPSA) is 69.6 Å². The van der Waals surface area contributed by atoms with Gasteiger partial charge in [-0.25, -0.2) is 0 Å². The number of nitrogens with zero attached hydrogens (tertiary/aromatic N) is 1. The van der Waals surface area contributed by atoms with E-state index in [0.717, 1.165) is 64.3 Å². The number of hydrogen-bond acceptors (Lipinski definition) is 3. The molecule has 0 saturated heterocycles. The third-order valence-electron chi connectivity index (χ3n) is 10.7. The summed E-state index contributed by atoms with van der Waals surface area (Å²) < 4.78 is 0. The Morgan fingerprint density at radius 3 is 2.50 bits per heavy atom. The number of amides is 2. The first-order valence-electron chi connectivity index (χ1n) is 14.6. The zero-order chi connectivity index (χ0) is 25.4. The van der Waals surface area contributed by atoms with Crippen LogP contribution in [0.5, 0.6) is 0 Å². The Balaban J connectivity index is 1.26. The maximum Gasteiger partial charge on any atom is 0.226 e. The van der Waals surface area contributed by atoms with Gasteiger partial charge in [0.1, 0.15) is 0 Å². The first kappa shape index (κ1) is 25.8. The summed E-state index contributed by atoms with van der Waals surface area (Å²) in [6, 6.07) is 8.54. The van der Waals surface area contributed by atoms with Gasteiger partial charge in [0.05, 0.1) is 6.10 Å². The molecule has 3 saturated carbocycles. The van der Waals surface area contributed by atoms with Crippen LogP contribution in [0.4, 0.5) is 0 Å². The van der Waals surface area contributed by atoms with Gasteiger partial charge >= 0.3 is 0 Å². The Morgan fingerprint density at radius 1 is 1.06 bits per heavy atom. The molecule has 5 heteroatoms. The average molecular weight is 495 g/mol. The number of benzene rings is 1. The van der Waals surface area contributed by atoms with Crippen LogP contribution in [0.25, 0.3) is 0 Å². The van der Waals surface area contributed by atoms with Gasteiger partial charge in [-0.15, -0.1) is 0 Å². The van der Waals surface area contributed by atoms with Gasteiger partial charge in [0, 0.05) is 31.0 Å². The van der Waals surface area contributed by atoms with Gasteiger partial charge in [0.15, 0.2) is 0 Å². The van der Waals surface area contributed by atoms with E-state index in [4.69, 9.17) is 0 Å². The van der Waals surface area contributed by atoms with Crippen molar-refractivity contribution < 1.29 is 14.7 Å². The summed E-state index contributed by atoms with van der Waals surface area (Å²) in [6.45, 7) is 8.04. The molecule has 2 N–H and O–H groups in total. The maximum atomic E-state index is 13.6. The average Bonchev–Trinajstić information content (AvgIpc) is 2.90. The molecule has 1 aliphatic heterocycles. The van der Waals surface area contributed by atoms with E-state index in [2.05, 4.69) is 43.4 Å². The molecular formula is C31H46N2O3. The molecule has 4 aliphatic rings. The highest BCUT2D eigenvalue weighted by atomic mass is 16.3. The molecule has 0 spiro atoms. The second kappa shape index (κ2) is 10.5. The molecule has 36 heavy (non-hydrogen) atoms. The number of rotatable bonds is 4. The summed E-state index contributed by atoms with van der Waals surface area (Å²) in [4.78, 5) is 28.7. The molecule has 5 rings (SSSR count). The predicted molar refractivity (Wildman–Crippen MR) is 142 cm³/mol. The van der Waals surface area contributed by atoms with Crippen LogP contribution in [0.2, 0.25) is 0 Å². The number of aliphatic hydroxyl groups excluding tert-OH is 1. The maximum absolute atomic E-state index is 13.6. The Labute approximate surface area is 217 Å². The standard InChI is InChI=1S/C31H46N2O3/c1-20(30(36)33-18-15-22-9-7-8-12-24(22)19-33)25-13-16-31(3)17-14-26(21(2)27(31)28(25)34)32-29(35)23-10-5-4-6-11-23/h7-9,12,20-21,23,25-28,34H,4-6,10-11,13-19H2,1-3H3,(H,32,35)/t20-,21+,25?,26-,27+,28-,31-/m0/s1. The van der Waals surface area contributed by atoms with E-state index in [-0.39, 0.29) is 52.9 Å². The second-order valence-electron chi connectivity index (χ2n) is 12.8. The first-order valence-corrected chi connectivity index (χ1v) is 14.6. The van der Waals surface area contributed by atoms with Gasteiger partial charge in [0.25, 0.3) is 0 Å². The molecular weight excluding hydrogens is 448 g/mol. The van der Waals surface area contributed by atoms with E-state index >= 15 is 0 Å². The lowest BCUT2D eigenvalue weighted by molar-refractivity contribution is -0.152. The Hall–Kier alpha value is -1.88. The van der Waals surface area contributed by atoms with Crippen LogP contribution in [0, 0.1) is 35.0 Å². The SMILES string of the molecule is C[C@H]1[C@@H]2[C@@H](O)C([C@H](C)C(=O)N3CCc4ccccc4C3)CC[C@@]2(C)CC[C@@H]1NC(=O)C1CCCCC1. The van der Waals surface area contributed by atoms with Crippen molar-refractivity contribution in [3.05, 3.63) is 35.4 Å².